The summed E-state index contributed by atoms with van der Waals surface area (Å²) in [5, 5.41) is 3.17. The summed E-state index contributed by atoms with van der Waals surface area (Å²) in [6, 6.07) is 0. The molecular formula is C14H23BrN4. The van der Waals surface area contributed by atoms with Crippen LogP contribution in [-0.4, -0.2) is 29.6 Å². The Morgan fingerprint density at radius 2 is 2.11 bits per heavy atom. The fourth-order valence-corrected chi connectivity index (χ4v) is 3.11. The van der Waals surface area contributed by atoms with Crippen molar-refractivity contribution in [2.45, 2.75) is 39.5 Å². The number of piperidine rings is 1. The van der Waals surface area contributed by atoms with Gasteiger partial charge in [0, 0.05) is 25.8 Å². The molecule has 0 radical (unpaired) electrons. The van der Waals surface area contributed by atoms with Crippen molar-refractivity contribution in [3.8, 4) is 0 Å². The molecule has 0 bridgehead atoms. The molecule has 5 heteroatoms. The van der Waals surface area contributed by atoms with Crippen LogP contribution in [-0.2, 0) is 0 Å². The van der Waals surface area contributed by atoms with Gasteiger partial charge in [-0.15, -0.1) is 0 Å². The normalized spacial score (nSPS) is 16.7. The molecule has 2 rings (SSSR count). The Kier molecular flexibility index (Phi) is 5.43. The number of halogens is 1. The number of rotatable bonds is 5. The third-order valence-electron chi connectivity index (χ3n) is 3.67. The van der Waals surface area contributed by atoms with Crippen molar-refractivity contribution >= 4 is 27.7 Å². The Bertz CT molecular complexity index is 402. The number of aromatic nitrogens is 2. The van der Waals surface area contributed by atoms with E-state index in [1.165, 1.54) is 25.7 Å². The summed E-state index contributed by atoms with van der Waals surface area (Å²) in [6.07, 6.45) is 7.06. The molecule has 1 aliphatic rings. The molecule has 4 nitrogen and oxygen atoms in total. The van der Waals surface area contributed by atoms with E-state index in [0.717, 1.165) is 41.8 Å². The van der Waals surface area contributed by atoms with E-state index in [4.69, 9.17) is 0 Å². The average molecular weight is 327 g/mol. The Morgan fingerprint density at radius 1 is 1.37 bits per heavy atom. The van der Waals surface area contributed by atoms with Gasteiger partial charge in [0.05, 0.1) is 4.47 Å². The van der Waals surface area contributed by atoms with E-state index in [1.807, 2.05) is 6.20 Å². The summed E-state index contributed by atoms with van der Waals surface area (Å²) in [4.78, 5) is 11.3. The summed E-state index contributed by atoms with van der Waals surface area (Å²) in [7, 11) is 0. The van der Waals surface area contributed by atoms with E-state index in [1.54, 1.807) is 0 Å². The second-order valence-corrected chi connectivity index (χ2v) is 5.97. The predicted octanol–water partition coefficient (Wildman–Crippen LogP) is 3.69. The quantitative estimate of drug-likeness (QED) is 0.895. The minimum absolute atomic E-state index is 0.719. The first-order chi connectivity index (χ1) is 9.24. The Balaban J connectivity index is 2.03. The Hall–Kier alpha value is -0.840. The fourth-order valence-electron chi connectivity index (χ4n) is 2.66. The molecule has 1 aliphatic heterocycles. The maximum Gasteiger partial charge on any atom is 0.224 e. The standard InChI is InChI=1S/C14H23BrN4/c1-3-5-11-6-8-19(9-7-11)13-12(15)10-17-14(18-13)16-4-2/h10-11H,3-9H2,1-2H3,(H,16,17,18). The molecule has 1 saturated heterocycles. The zero-order valence-electron chi connectivity index (χ0n) is 11.8. The van der Waals surface area contributed by atoms with Crippen LogP contribution in [0.25, 0.3) is 0 Å². The first-order valence-corrected chi connectivity index (χ1v) is 8.05. The van der Waals surface area contributed by atoms with E-state index in [9.17, 15) is 0 Å². The first-order valence-electron chi connectivity index (χ1n) is 7.26. The monoisotopic (exact) mass is 326 g/mol. The molecule has 0 spiro atoms. The van der Waals surface area contributed by atoms with Crippen LogP contribution in [0.1, 0.15) is 39.5 Å². The number of nitrogens with zero attached hydrogens (tertiary/aromatic N) is 3. The maximum atomic E-state index is 4.61. The van der Waals surface area contributed by atoms with Gasteiger partial charge in [0.2, 0.25) is 5.95 Å². The van der Waals surface area contributed by atoms with Crippen molar-refractivity contribution in [2.24, 2.45) is 5.92 Å². The highest BCUT2D eigenvalue weighted by Gasteiger charge is 2.21. The van der Waals surface area contributed by atoms with Crippen LogP contribution in [0.4, 0.5) is 11.8 Å². The molecule has 19 heavy (non-hydrogen) atoms. The molecule has 1 fully saturated rings. The SMILES string of the molecule is CCCC1CCN(c2nc(NCC)ncc2Br)CC1. The molecule has 106 valence electrons. The summed E-state index contributed by atoms with van der Waals surface area (Å²) >= 11 is 3.57. The van der Waals surface area contributed by atoms with Gasteiger partial charge >= 0.3 is 0 Å². The molecule has 1 N–H and O–H groups in total. The van der Waals surface area contributed by atoms with Crippen LogP contribution >= 0.6 is 15.9 Å². The van der Waals surface area contributed by atoms with Gasteiger partial charge in [0.25, 0.3) is 0 Å². The number of hydrogen-bond donors (Lipinski definition) is 1. The predicted molar refractivity (Wildman–Crippen MR) is 83.7 cm³/mol. The van der Waals surface area contributed by atoms with Crippen LogP contribution in [0.3, 0.4) is 0 Å². The van der Waals surface area contributed by atoms with Gasteiger partial charge in [-0.1, -0.05) is 19.8 Å². The van der Waals surface area contributed by atoms with E-state index in [-0.39, 0.29) is 0 Å². The molecule has 0 aliphatic carbocycles. The Labute approximate surface area is 124 Å². The molecule has 0 saturated carbocycles. The minimum Gasteiger partial charge on any atom is -0.355 e. The number of hydrogen-bond acceptors (Lipinski definition) is 4. The smallest absolute Gasteiger partial charge is 0.224 e. The Morgan fingerprint density at radius 3 is 2.74 bits per heavy atom. The van der Waals surface area contributed by atoms with Crippen molar-refractivity contribution in [3.05, 3.63) is 10.7 Å². The first kappa shape index (κ1) is 14.6. The van der Waals surface area contributed by atoms with Crippen LogP contribution in [0.15, 0.2) is 10.7 Å². The van der Waals surface area contributed by atoms with Gasteiger partial charge in [-0.25, -0.2) is 4.98 Å². The van der Waals surface area contributed by atoms with E-state index in [0.29, 0.717) is 0 Å². The minimum atomic E-state index is 0.719. The zero-order valence-corrected chi connectivity index (χ0v) is 13.4. The van der Waals surface area contributed by atoms with Crippen LogP contribution in [0.2, 0.25) is 0 Å². The van der Waals surface area contributed by atoms with Crippen molar-refractivity contribution in [1.29, 1.82) is 0 Å². The molecular weight excluding hydrogens is 304 g/mol. The van der Waals surface area contributed by atoms with E-state index >= 15 is 0 Å². The summed E-state index contributed by atoms with van der Waals surface area (Å²) in [5.41, 5.74) is 0. The lowest BCUT2D eigenvalue weighted by Crippen LogP contribution is -2.34. The van der Waals surface area contributed by atoms with E-state index in [2.05, 4.69) is 50.0 Å². The van der Waals surface area contributed by atoms with Crippen molar-refractivity contribution in [1.82, 2.24) is 9.97 Å². The van der Waals surface area contributed by atoms with Gasteiger partial charge in [-0.3, -0.25) is 0 Å². The van der Waals surface area contributed by atoms with Gasteiger partial charge in [0.15, 0.2) is 0 Å². The molecule has 0 atom stereocenters. The molecule has 0 unspecified atom stereocenters. The van der Waals surface area contributed by atoms with Crippen LogP contribution in [0.5, 0.6) is 0 Å². The van der Waals surface area contributed by atoms with Crippen LogP contribution in [0, 0.1) is 5.92 Å². The zero-order chi connectivity index (χ0) is 13.7. The average Bonchev–Trinajstić information content (AvgIpc) is 2.43. The highest BCUT2D eigenvalue weighted by atomic mass is 79.9. The van der Waals surface area contributed by atoms with Gasteiger partial charge < -0.3 is 10.2 Å². The molecule has 0 amide bonds. The lowest BCUT2D eigenvalue weighted by molar-refractivity contribution is 0.377. The number of anilines is 2. The molecule has 1 aromatic heterocycles. The third kappa shape index (κ3) is 3.81. The number of nitrogens with one attached hydrogen (secondary N) is 1. The van der Waals surface area contributed by atoms with Gasteiger partial charge in [-0.2, -0.15) is 4.98 Å². The summed E-state index contributed by atoms with van der Waals surface area (Å²) < 4.78 is 0.989. The van der Waals surface area contributed by atoms with Crippen molar-refractivity contribution < 1.29 is 0 Å². The second kappa shape index (κ2) is 7.08. The molecule has 1 aromatic rings. The van der Waals surface area contributed by atoms with E-state index < -0.39 is 0 Å². The van der Waals surface area contributed by atoms with Gasteiger partial charge in [-0.05, 0) is 41.6 Å². The van der Waals surface area contributed by atoms with Gasteiger partial charge in [0.1, 0.15) is 5.82 Å². The highest BCUT2D eigenvalue weighted by Crippen LogP contribution is 2.29. The fraction of sp³-hybridized carbons (Fsp3) is 0.714. The molecule has 2 heterocycles. The topological polar surface area (TPSA) is 41.1 Å². The summed E-state index contributed by atoms with van der Waals surface area (Å²) in [5.74, 6) is 2.65. The summed E-state index contributed by atoms with van der Waals surface area (Å²) in [6.45, 7) is 7.38. The van der Waals surface area contributed by atoms with Crippen molar-refractivity contribution in [2.75, 3.05) is 29.9 Å². The largest absolute Gasteiger partial charge is 0.355 e. The maximum absolute atomic E-state index is 4.61. The van der Waals surface area contributed by atoms with Crippen molar-refractivity contribution in [3.63, 3.8) is 0 Å². The lowest BCUT2D eigenvalue weighted by atomic mass is 9.92. The molecule has 0 aromatic carbocycles. The third-order valence-corrected chi connectivity index (χ3v) is 4.23. The van der Waals surface area contributed by atoms with Crippen LogP contribution < -0.4 is 10.2 Å². The highest BCUT2D eigenvalue weighted by molar-refractivity contribution is 9.10. The lowest BCUT2D eigenvalue weighted by Gasteiger charge is -2.33. The second-order valence-electron chi connectivity index (χ2n) is 5.11.